The van der Waals surface area contributed by atoms with Gasteiger partial charge in [0.25, 0.3) is 0 Å². The number of aryl methyl sites for hydroxylation is 1. The van der Waals surface area contributed by atoms with Gasteiger partial charge in [-0.15, -0.1) is 0 Å². The fraction of sp³-hybridized carbons (Fsp3) is 0.647. The van der Waals surface area contributed by atoms with Crippen LogP contribution in [0.4, 0.5) is 0 Å². The Kier molecular flexibility index (Phi) is 5.82. The van der Waals surface area contributed by atoms with Gasteiger partial charge in [0.05, 0.1) is 5.75 Å². The number of nitrogens with one attached hydrogen (secondary N) is 1. The second-order valence-corrected chi connectivity index (χ2v) is 8.28. The van der Waals surface area contributed by atoms with E-state index in [2.05, 4.69) is 36.5 Å². The van der Waals surface area contributed by atoms with Gasteiger partial charge in [0.2, 0.25) is 0 Å². The summed E-state index contributed by atoms with van der Waals surface area (Å²) < 4.78 is 23.9. The number of rotatable bonds is 7. The van der Waals surface area contributed by atoms with Gasteiger partial charge < -0.3 is 5.32 Å². The molecule has 0 saturated heterocycles. The SMILES string of the molecule is CCCS(=O)(=O)CCC1CCc2ccccc2C1NCC. The van der Waals surface area contributed by atoms with E-state index < -0.39 is 9.84 Å². The molecule has 2 unspecified atom stereocenters. The molecule has 0 amide bonds. The van der Waals surface area contributed by atoms with Crippen LogP contribution in [0, 0.1) is 5.92 Å². The second kappa shape index (κ2) is 7.41. The van der Waals surface area contributed by atoms with Crippen LogP contribution in [0.3, 0.4) is 0 Å². The molecule has 0 aliphatic heterocycles. The molecular formula is C17H27NO2S. The van der Waals surface area contributed by atoms with Gasteiger partial charge in [-0.3, -0.25) is 0 Å². The molecule has 4 heteroatoms. The van der Waals surface area contributed by atoms with Gasteiger partial charge in [0.1, 0.15) is 9.84 Å². The molecule has 0 heterocycles. The minimum Gasteiger partial charge on any atom is -0.310 e. The van der Waals surface area contributed by atoms with Gasteiger partial charge in [0, 0.05) is 11.8 Å². The molecule has 21 heavy (non-hydrogen) atoms. The maximum Gasteiger partial charge on any atom is 0.150 e. The van der Waals surface area contributed by atoms with Crippen LogP contribution in [0.1, 0.15) is 50.3 Å². The highest BCUT2D eigenvalue weighted by Gasteiger charge is 2.29. The maximum absolute atomic E-state index is 12.0. The smallest absolute Gasteiger partial charge is 0.150 e. The monoisotopic (exact) mass is 309 g/mol. The Bertz CT molecular complexity index is 554. The number of hydrogen-bond donors (Lipinski definition) is 1. The molecule has 0 radical (unpaired) electrons. The van der Waals surface area contributed by atoms with Crippen molar-refractivity contribution in [1.82, 2.24) is 5.32 Å². The molecule has 2 rings (SSSR count). The lowest BCUT2D eigenvalue weighted by atomic mass is 9.78. The zero-order valence-electron chi connectivity index (χ0n) is 13.1. The predicted octanol–water partition coefficient (Wildman–Crippen LogP) is 3.11. The van der Waals surface area contributed by atoms with Crippen molar-refractivity contribution in [3.63, 3.8) is 0 Å². The van der Waals surface area contributed by atoms with E-state index in [4.69, 9.17) is 0 Å². The van der Waals surface area contributed by atoms with Crippen molar-refractivity contribution in [2.75, 3.05) is 18.1 Å². The Morgan fingerprint density at radius 1 is 1.19 bits per heavy atom. The average molecular weight is 309 g/mol. The van der Waals surface area contributed by atoms with Gasteiger partial charge in [-0.1, -0.05) is 38.1 Å². The summed E-state index contributed by atoms with van der Waals surface area (Å²) in [6.07, 6.45) is 3.63. The van der Waals surface area contributed by atoms with E-state index in [1.807, 2.05) is 6.92 Å². The van der Waals surface area contributed by atoms with Crippen LogP contribution in [0.2, 0.25) is 0 Å². The Labute approximate surface area is 129 Å². The first-order chi connectivity index (χ1) is 10.1. The lowest BCUT2D eigenvalue weighted by molar-refractivity contribution is 0.317. The Morgan fingerprint density at radius 2 is 1.95 bits per heavy atom. The van der Waals surface area contributed by atoms with Gasteiger partial charge in [-0.2, -0.15) is 0 Å². The summed E-state index contributed by atoms with van der Waals surface area (Å²) in [6, 6.07) is 8.86. The molecule has 1 aliphatic rings. The van der Waals surface area contributed by atoms with Crippen LogP contribution >= 0.6 is 0 Å². The van der Waals surface area contributed by atoms with E-state index in [-0.39, 0.29) is 0 Å². The zero-order valence-corrected chi connectivity index (χ0v) is 14.0. The molecule has 0 spiro atoms. The molecule has 0 fully saturated rings. The van der Waals surface area contributed by atoms with Crippen LogP contribution in [-0.2, 0) is 16.3 Å². The highest BCUT2D eigenvalue weighted by Crippen LogP contribution is 2.36. The summed E-state index contributed by atoms with van der Waals surface area (Å²) in [5, 5.41) is 3.56. The van der Waals surface area contributed by atoms with Gasteiger partial charge in [-0.05, 0) is 49.3 Å². The lowest BCUT2D eigenvalue weighted by Gasteiger charge is -2.34. The zero-order chi connectivity index (χ0) is 15.3. The number of fused-ring (bicyclic) bond motifs is 1. The molecule has 0 saturated carbocycles. The summed E-state index contributed by atoms with van der Waals surface area (Å²) >= 11 is 0. The Hall–Kier alpha value is -0.870. The Morgan fingerprint density at radius 3 is 2.67 bits per heavy atom. The first-order valence-electron chi connectivity index (χ1n) is 8.09. The lowest BCUT2D eigenvalue weighted by Crippen LogP contribution is -2.33. The third-order valence-corrected chi connectivity index (χ3v) is 6.27. The van der Waals surface area contributed by atoms with Crippen molar-refractivity contribution in [2.45, 2.75) is 45.6 Å². The van der Waals surface area contributed by atoms with E-state index in [1.54, 1.807) is 0 Å². The minimum atomic E-state index is -2.87. The molecule has 3 nitrogen and oxygen atoms in total. The first kappa shape index (κ1) is 16.5. The predicted molar refractivity (Wildman–Crippen MR) is 88.2 cm³/mol. The molecule has 0 bridgehead atoms. The summed E-state index contributed by atoms with van der Waals surface area (Å²) in [7, 11) is -2.87. The third-order valence-electron chi connectivity index (χ3n) is 4.38. The maximum atomic E-state index is 12.0. The van der Waals surface area contributed by atoms with Crippen molar-refractivity contribution < 1.29 is 8.42 Å². The van der Waals surface area contributed by atoms with Crippen LogP contribution in [0.5, 0.6) is 0 Å². The largest absolute Gasteiger partial charge is 0.310 e. The highest BCUT2D eigenvalue weighted by molar-refractivity contribution is 7.91. The average Bonchev–Trinajstić information content (AvgIpc) is 2.46. The summed E-state index contributed by atoms with van der Waals surface area (Å²) in [4.78, 5) is 0. The van der Waals surface area contributed by atoms with Crippen molar-refractivity contribution >= 4 is 9.84 Å². The van der Waals surface area contributed by atoms with Gasteiger partial charge in [-0.25, -0.2) is 8.42 Å². The number of sulfone groups is 1. The summed E-state index contributed by atoms with van der Waals surface area (Å²) in [5.74, 6) is 1.07. The molecule has 118 valence electrons. The molecular weight excluding hydrogens is 282 g/mol. The second-order valence-electron chi connectivity index (χ2n) is 5.97. The molecule has 1 aliphatic carbocycles. The topological polar surface area (TPSA) is 46.2 Å². The van der Waals surface area contributed by atoms with Crippen molar-refractivity contribution in [1.29, 1.82) is 0 Å². The third kappa shape index (κ3) is 4.30. The van der Waals surface area contributed by atoms with E-state index in [0.29, 0.717) is 29.9 Å². The molecule has 1 N–H and O–H groups in total. The van der Waals surface area contributed by atoms with Crippen molar-refractivity contribution in [3.05, 3.63) is 35.4 Å². The van der Waals surface area contributed by atoms with Crippen LogP contribution in [-0.4, -0.2) is 26.5 Å². The van der Waals surface area contributed by atoms with Crippen molar-refractivity contribution in [2.24, 2.45) is 5.92 Å². The van der Waals surface area contributed by atoms with Crippen LogP contribution in [0.25, 0.3) is 0 Å². The highest BCUT2D eigenvalue weighted by atomic mass is 32.2. The fourth-order valence-electron chi connectivity index (χ4n) is 3.38. The van der Waals surface area contributed by atoms with Gasteiger partial charge >= 0.3 is 0 Å². The van der Waals surface area contributed by atoms with E-state index in [1.165, 1.54) is 11.1 Å². The van der Waals surface area contributed by atoms with E-state index in [9.17, 15) is 8.42 Å². The van der Waals surface area contributed by atoms with Gasteiger partial charge in [0.15, 0.2) is 0 Å². The molecule has 1 aromatic rings. The quantitative estimate of drug-likeness (QED) is 0.842. The molecule has 1 aromatic carbocycles. The number of benzene rings is 1. The Balaban J connectivity index is 2.10. The fourth-order valence-corrected chi connectivity index (χ4v) is 4.87. The van der Waals surface area contributed by atoms with Crippen LogP contribution < -0.4 is 5.32 Å². The first-order valence-corrected chi connectivity index (χ1v) is 9.91. The normalized spacial score (nSPS) is 22.0. The minimum absolute atomic E-state index is 0.303. The summed E-state index contributed by atoms with van der Waals surface area (Å²) in [5.41, 5.74) is 2.78. The number of hydrogen-bond acceptors (Lipinski definition) is 3. The molecule has 0 aromatic heterocycles. The van der Waals surface area contributed by atoms with Crippen LogP contribution in [0.15, 0.2) is 24.3 Å². The molecule has 2 atom stereocenters. The summed E-state index contributed by atoms with van der Waals surface area (Å²) in [6.45, 7) is 4.95. The van der Waals surface area contributed by atoms with Crippen molar-refractivity contribution in [3.8, 4) is 0 Å². The van der Waals surface area contributed by atoms with E-state index in [0.717, 1.165) is 25.8 Å². The standard InChI is InChI=1S/C17H27NO2S/c1-3-12-21(19,20)13-11-15-10-9-14-7-5-6-8-16(14)17(15)18-4-2/h5-8,15,17-18H,3-4,9-13H2,1-2H3. The van der Waals surface area contributed by atoms with E-state index >= 15 is 0 Å².